The fourth-order valence-electron chi connectivity index (χ4n) is 3.58. The predicted octanol–water partition coefficient (Wildman–Crippen LogP) is 2.37. The van der Waals surface area contributed by atoms with E-state index in [4.69, 9.17) is 0 Å². The van der Waals surface area contributed by atoms with Crippen LogP contribution in [0.15, 0.2) is 40.3 Å². The van der Waals surface area contributed by atoms with Crippen LogP contribution in [0.1, 0.15) is 36.1 Å². The fraction of sp³-hybridized carbons (Fsp3) is 0.500. The molecule has 0 radical (unpaired) electrons. The van der Waals surface area contributed by atoms with E-state index in [0.29, 0.717) is 23.7 Å². The second-order valence-electron chi connectivity index (χ2n) is 7.53. The minimum atomic E-state index is -0.0469. The third kappa shape index (κ3) is 6.18. The molecule has 156 valence electrons. The van der Waals surface area contributed by atoms with Crippen LogP contribution in [-0.2, 0) is 18.3 Å². The van der Waals surface area contributed by atoms with Crippen LogP contribution in [0.3, 0.4) is 0 Å². The predicted molar refractivity (Wildman–Crippen MR) is 117 cm³/mol. The molecule has 0 spiro atoms. The van der Waals surface area contributed by atoms with Gasteiger partial charge >= 0.3 is 0 Å². The molecule has 1 aliphatic heterocycles. The number of nitrogens with zero attached hydrogens (tertiary/aromatic N) is 3. The molecule has 1 N–H and O–H groups in total. The summed E-state index contributed by atoms with van der Waals surface area (Å²) in [6, 6.07) is 9.92. The van der Waals surface area contributed by atoms with Crippen LogP contribution in [-0.4, -0.2) is 52.3 Å². The summed E-state index contributed by atoms with van der Waals surface area (Å²) >= 11 is 1.31. The molecule has 3 rings (SSSR count). The number of rotatable bonds is 8. The van der Waals surface area contributed by atoms with Gasteiger partial charge < -0.3 is 10.2 Å². The zero-order chi connectivity index (χ0) is 20.6. The number of benzene rings is 1. The van der Waals surface area contributed by atoms with Gasteiger partial charge in [-0.25, -0.2) is 4.98 Å². The van der Waals surface area contributed by atoms with Gasteiger partial charge in [-0.1, -0.05) is 48.5 Å². The molecule has 7 heteroatoms. The number of hydrogen-bond acceptors (Lipinski definition) is 5. The smallest absolute Gasteiger partial charge is 0.257 e. The molecule has 6 nitrogen and oxygen atoms in total. The van der Waals surface area contributed by atoms with Crippen molar-refractivity contribution in [3.8, 4) is 0 Å². The Hall–Kier alpha value is -2.12. The lowest BCUT2D eigenvalue weighted by Gasteiger charge is -2.26. The third-order valence-electron chi connectivity index (χ3n) is 5.30. The lowest BCUT2D eigenvalue weighted by molar-refractivity contribution is -0.118. The van der Waals surface area contributed by atoms with Gasteiger partial charge in [-0.05, 0) is 38.4 Å². The standard InChI is InChI=1S/C22H30N4O2S/c1-17-19(15-18-9-5-3-6-10-18)21(28)25(2)22(24-17)29-16-20(27)23-11-14-26-12-7-4-8-13-26/h3,5-6,9-10H,4,7-8,11-16H2,1-2H3,(H,23,27). The number of thioether (sulfide) groups is 1. The molecular weight excluding hydrogens is 384 g/mol. The largest absolute Gasteiger partial charge is 0.354 e. The summed E-state index contributed by atoms with van der Waals surface area (Å²) in [5, 5.41) is 3.56. The molecule has 2 heterocycles. The van der Waals surface area contributed by atoms with Crippen molar-refractivity contribution in [2.24, 2.45) is 7.05 Å². The summed E-state index contributed by atoms with van der Waals surface area (Å²) < 4.78 is 1.55. The van der Waals surface area contributed by atoms with E-state index in [1.807, 2.05) is 37.3 Å². The molecule has 0 atom stereocenters. The lowest BCUT2D eigenvalue weighted by Crippen LogP contribution is -2.38. The Bertz CT molecular complexity index is 876. The number of amides is 1. The minimum absolute atomic E-state index is 0.0210. The number of likely N-dealkylation sites (tertiary alicyclic amines) is 1. The van der Waals surface area contributed by atoms with E-state index in [9.17, 15) is 9.59 Å². The number of aryl methyl sites for hydroxylation is 1. The highest BCUT2D eigenvalue weighted by Gasteiger charge is 2.15. The summed E-state index contributed by atoms with van der Waals surface area (Å²) in [4.78, 5) is 32.0. The molecule has 0 unspecified atom stereocenters. The first-order valence-corrected chi connectivity index (χ1v) is 11.3. The number of nitrogens with one attached hydrogen (secondary N) is 1. The Morgan fingerprint density at radius 3 is 2.62 bits per heavy atom. The zero-order valence-corrected chi connectivity index (χ0v) is 18.1. The molecule has 0 bridgehead atoms. The maximum atomic E-state index is 12.8. The summed E-state index contributed by atoms with van der Waals surface area (Å²) in [7, 11) is 1.72. The number of piperidine rings is 1. The number of aromatic nitrogens is 2. The van der Waals surface area contributed by atoms with Crippen molar-refractivity contribution in [1.29, 1.82) is 0 Å². The molecular formula is C22H30N4O2S. The second-order valence-corrected chi connectivity index (χ2v) is 8.47. The molecule has 1 aliphatic rings. The van der Waals surface area contributed by atoms with E-state index >= 15 is 0 Å². The highest BCUT2D eigenvalue weighted by atomic mass is 32.2. The molecule has 0 aliphatic carbocycles. The molecule has 0 saturated carbocycles. The number of carbonyl (C=O) groups excluding carboxylic acids is 1. The Balaban J connectivity index is 1.54. The Labute approximate surface area is 176 Å². The van der Waals surface area contributed by atoms with Crippen LogP contribution < -0.4 is 10.9 Å². The highest BCUT2D eigenvalue weighted by molar-refractivity contribution is 7.99. The van der Waals surface area contributed by atoms with Gasteiger partial charge in [-0.3, -0.25) is 14.2 Å². The van der Waals surface area contributed by atoms with Gasteiger partial charge in [-0.2, -0.15) is 0 Å². The van der Waals surface area contributed by atoms with Crippen LogP contribution in [0.25, 0.3) is 0 Å². The van der Waals surface area contributed by atoms with E-state index in [-0.39, 0.29) is 17.2 Å². The molecule has 1 aromatic heterocycles. The van der Waals surface area contributed by atoms with Gasteiger partial charge in [0.2, 0.25) is 5.91 Å². The van der Waals surface area contributed by atoms with Gasteiger partial charge in [0, 0.05) is 37.8 Å². The van der Waals surface area contributed by atoms with Crippen molar-refractivity contribution in [2.45, 2.75) is 37.8 Å². The summed E-state index contributed by atoms with van der Waals surface area (Å²) in [5.74, 6) is 0.241. The normalized spacial score (nSPS) is 14.7. The van der Waals surface area contributed by atoms with Crippen LogP contribution in [0, 0.1) is 6.92 Å². The molecule has 29 heavy (non-hydrogen) atoms. The fourth-order valence-corrected chi connectivity index (χ4v) is 4.42. The Kier molecular flexibility index (Phi) is 7.89. The first-order chi connectivity index (χ1) is 14.0. The monoisotopic (exact) mass is 414 g/mol. The van der Waals surface area contributed by atoms with Crippen molar-refractivity contribution >= 4 is 17.7 Å². The van der Waals surface area contributed by atoms with Gasteiger partial charge in [-0.15, -0.1) is 0 Å². The highest BCUT2D eigenvalue weighted by Crippen LogP contribution is 2.16. The number of hydrogen-bond donors (Lipinski definition) is 1. The topological polar surface area (TPSA) is 67.2 Å². The van der Waals surface area contributed by atoms with Crippen LogP contribution in [0.2, 0.25) is 0 Å². The van der Waals surface area contributed by atoms with E-state index in [0.717, 1.165) is 30.9 Å². The van der Waals surface area contributed by atoms with E-state index < -0.39 is 0 Å². The lowest BCUT2D eigenvalue weighted by atomic mass is 10.1. The minimum Gasteiger partial charge on any atom is -0.354 e. The zero-order valence-electron chi connectivity index (χ0n) is 17.3. The Morgan fingerprint density at radius 2 is 1.90 bits per heavy atom. The van der Waals surface area contributed by atoms with Gasteiger partial charge in [0.25, 0.3) is 5.56 Å². The van der Waals surface area contributed by atoms with E-state index in [1.165, 1.54) is 31.0 Å². The molecule has 1 amide bonds. The maximum Gasteiger partial charge on any atom is 0.257 e. The SMILES string of the molecule is Cc1nc(SCC(=O)NCCN2CCCCC2)n(C)c(=O)c1Cc1ccccc1. The molecule has 1 saturated heterocycles. The molecule has 1 aromatic carbocycles. The summed E-state index contributed by atoms with van der Waals surface area (Å²) in [6.45, 7) is 5.69. The quantitative estimate of drug-likeness (QED) is 0.531. The van der Waals surface area contributed by atoms with Crippen molar-refractivity contribution in [3.05, 3.63) is 57.5 Å². The van der Waals surface area contributed by atoms with Crippen LogP contribution in [0.4, 0.5) is 0 Å². The van der Waals surface area contributed by atoms with Crippen molar-refractivity contribution < 1.29 is 4.79 Å². The average Bonchev–Trinajstić information content (AvgIpc) is 2.74. The first kappa shape index (κ1) is 21.6. The number of carbonyl (C=O) groups is 1. The third-order valence-corrected chi connectivity index (χ3v) is 6.33. The second kappa shape index (κ2) is 10.6. The van der Waals surface area contributed by atoms with Crippen molar-refractivity contribution in [3.63, 3.8) is 0 Å². The molecule has 1 fully saturated rings. The van der Waals surface area contributed by atoms with E-state index in [2.05, 4.69) is 15.2 Å². The van der Waals surface area contributed by atoms with Crippen molar-refractivity contribution in [2.75, 3.05) is 31.9 Å². The average molecular weight is 415 g/mol. The molecule has 2 aromatic rings. The van der Waals surface area contributed by atoms with Gasteiger partial charge in [0.1, 0.15) is 0 Å². The van der Waals surface area contributed by atoms with Crippen LogP contribution >= 0.6 is 11.8 Å². The van der Waals surface area contributed by atoms with Gasteiger partial charge in [0.15, 0.2) is 5.16 Å². The summed E-state index contributed by atoms with van der Waals surface area (Å²) in [5.41, 5.74) is 2.47. The first-order valence-electron chi connectivity index (χ1n) is 10.3. The summed E-state index contributed by atoms with van der Waals surface area (Å²) in [6.07, 6.45) is 4.38. The van der Waals surface area contributed by atoms with Gasteiger partial charge in [0.05, 0.1) is 5.75 Å². The maximum absolute atomic E-state index is 12.8. The van der Waals surface area contributed by atoms with E-state index in [1.54, 1.807) is 11.6 Å². The van der Waals surface area contributed by atoms with Crippen LogP contribution in [0.5, 0.6) is 0 Å². The Morgan fingerprint density at radius 1 is 1.17 bits per heavy atom. The van der Waals surface area contributed by atoms with Crippen molar-refractivity contribution in [1.82, 2.24) is 19.8 Å².